The number of anilines is 1. The van der Waals surface area contributed by atoms with Crippen molar-refractivity contribution in [2.75, 3.05) is 11.9 Å². The van der Waals surface area contributed by atoms with Crippen molar-refractivity contribution < 1.29 is 13.2 Å². The summed E-state index contributed by atoms with van der Waals surface area (Å²) >= 11 is 0. The van der Waals surface area contributed by atoms with Gasteiger partial charge in [-0.25, -0.2) is 8.42 Å². The van der Waals surface area contributed by atoms with Crippen LogP contribution < -0.4 is 5.32 Å². The number of benzene rings is 3. The fourth-order valence-electron chi connectivity index (χ4n) is 3.77. The standard InChI is InChI=1S/C24H24N2O3S/c1-2-18-8-5-6-13-23(18)25-24(27)20-11-7-12-22(16-20)30(28,29)26-15-14-19-9-3-4-10-21(19)17-26/h3-13,16H,2,14-15,17H2,1H3,(H,25,27). The van der Waals surface area contributed by atoms with Gasteiger partial charge in [-0.2, -0.15) is 4.31 Å². The Balaban J connectivity index is 1.57. The lowest BCUT2D eigenvalue weighted by atomic mass is 10.0. The fourth-order valence-corrected chi connectivity index (χ4v) is 5.23. The van der Waals surface area contributed by atoms with Crippen LogP contribution >= 0.6 is 0 Å². The lowest BCUT2D eigenvalue weighted by Gasteiger charge is -2.28. The number of nitrogens with one attached hydrogen (secondary N) is 1. The summed E-state index contributed by atoms with van der Waals surface area (Å²) in [5.74, 6) is -0.322. The molecule has 6 heteroatoms. The van der Waals surface area contributed by atoms with Crippen LogP contribution in [0.25, 0.3) is 0 Å². The van der Waals surface area contributed by atoms with Gasteiger partial charge in [-0.05, 0) is 53.8 Å². The number of carbonyl (C=O) groups excluding carboxylic acids is 1. The Kier molecular flexibility index (Phi) is 5.70. The Labute approximate surface area is 177 Å². The Morgan fingerprint density at radius 2 is 1.70 bits per heavy atom. The number of hydrogen-bond donors (Lipinski definition) is 1. The van der Waals surface area contributed by atoms with E-state index in [-0.39, 0.29) is 10.8 Å². The highest BCUT2D eigenvalue weighted by molar-refractivity contribution is 7.89. The maximum Gasteiger partial charge on any atom is 0.255 e. The zero-order chi connectivity index (χ0) is 21.1. The molecule has 0 spiro atoms. The van der Waals surface area contributed by atoms with Gasteiger partial charge in [0.05, 0.1) is 4.90 Å². The minimum absolute atomic E-state index is 0.137. The molecule has 0 unspecified atom stereocenters. The SMILES string of the molecule is CCc1ccccc1NC(=O)c1cccc(S(=O)(=O)N2CCc3ccccc3C2)c1. The van der Waals surface area contributed by atoms with Gasteiger partial charge >= 0.3 is 0 Å². The van der Waals surface area contributed by atoms with Gasteiger partial charge in [0.15, 0.2) is 0 Å². The zero-order valence-electron chi connectivity index (χ0n) is 16.8. The number of sulfonamides is 1. The molecule has 30 heavy (non-hydrogen) atoms. The molecule has 0 bridgehead atoms. The van der Waals surface area contributed by atoms with Crippen LogP contribution in [0.2, 0.25) is 0 Å². The second-order valence-corrected chi connectivity index (χ2v) is 9.29. The molecular formula is C24H24N2O3S. The molecule has 1 heterocycles. The van der Waals surface area contributed by atoms with Crippen molar-refractivity contribution in [1.82, 2.24) is 4.31 Å². The van der Waals surface area contributed by atoms with E-state index in [2.05, 4.69) is 5.32 Å². The third-order valence-corrected chi connectivity index (χ3v) is 7.32. The van der Waals surface area contributed by atoms with E-state index >= 15 is 0 Å². The maximum absolute atomic E-state index is 13.2. The topological polar surface area (TPSA) is 66.5 Å². The Hall–Kier alpha value is -2.96. The molecule has 1 N–H and O–H groups in total. The molecule has 0 fully saturated rings. The van der Waals surface area contributed by atoms with E-state index in [0.717, 1.165) is 23.2 Å². The first-order valence-corrected chi connectivity index (χ1v) is 11.5. The van der Waals surface area contributed by atoms with Crippen LogP contribution in [0.5, 0.6) is 0 Å². The predicted molar refractivity (Wildman–Crippen MR) is 118 cm³/mol. The molecule has 4 rings (SSSR count). The van der Waals surface area contributed by atoms with E-state index in [4.69, 9.17) is 0 Å². The number of nitrogens with zero attached hydrogens (tertiary/aromatic N) is 1. The number of fused-ring (bicyclic) bond motifs is 1. The molecule has 1 aliphatic heterocycles. The van der Waals surface area contributed by atoms with Crippen molar-refractivity contribution in [3.63, 3.8) is 0 Å². The van der Waals surface area contributed by atoms with Gasteiger partial charge in [-0.15, -0.1) is 0 Å². The molecule has 1 amide bonds. The minimum Gasteiger partial charge on any atom is -0.322 e. The number of rotatable bonds is 5. The summed E-state index contributed by atoms with van der Waals surface area (Å²) in [6.45, 7) is 2.80. The van der Waals surface area contributed by atoms with E-state index in [0.29, 0.717) is 25.1 Å². The maximum atomic E-state index is 13.2. The molecule has 0 radical (unpaired) electrons. The van der Waals surface area contributed by atoms with Gasteiger partial charge in [0.1, 0.15) is 0 Å². The summed E-state index contributed by atoms with van der Waals surface area (Å²) in [6, 6.07) is 21.8. The van der Waals surface area contributed by atoms with Crippen molar-refractivity contribution >= 4 is 21.6 Å². The van der Waals surface area contributed by atoms with Crippen LogP contribution in [-0.4, -0.2) is 25.2 Å². The molecular weight excluding hydrogens is 396 g/mol. The molecule has 3 aromatic rings. The second-order valence-electron chi connectivity index (χ2n) is 7.35. The van der Waals surface area contributed by atoms with Gasteiger partial charge in [0.25, 0.3) is 5.91 Å². The molecule has 1 aliphatic rings. The highest BCUT2D eigenvalue weighted by Crippen LogP contribution is 2.25. The number of para-hydroxylation sites is 1. The first-order chi connectivity index (χ1) is 14.5. The van der Waals surface area contributed by atoms with Crippen LogP contribution in [-0.2, 0) is 29.4 Å². The molecule has 0 atom stereocenters. The Morgan fingerprint density at radius 3 is 2.50 bits per heavy atom. The van der Waals surface area contributed by atoms with Crippen molar-refractivity contribution in [3.05, 3.63) is 95.1 Å². The van der Waals surface area contributed by atoms with Crippen LogP contribution in [0, 0.1) is 0 Å². The third kappa shape index (κ3) is 4.01. The summed E-state index contributed by atoms with van der Waals surface area (Å²) in [6.07, 6.45) is 1.48. The smallest absolute Gasteiger partial charge is 0.255 e. The number of aryl methyl sites for hydroxylation is 1. The lowest BCUT2D eigenvalue weighted by Crippen LogP contribution is -2.36. The van der Waals surface area contributed by atoms with E-state index in [1.165, 1.54) is 15.9 Å². The average Bonchev–Trinajstić information content (AvgIpc) is 2.79. The summed E-state index contributed by atoms with van der Waals surface area (Å²) in [7, 11) is -3.69. The quantitative estimate of drug-likeness (QED) is 0.671. The van der Waals surface area contributed by atoms with Crippen LogP contribution in [0.15, 0.2) is 77.7 Å². The van der Waals surface area contributed by atoms with E-state index in [1.54, 1.807) is 18.2 Å². The third-order valence-electron chi connectivity index (χ3n) is 5.48. The predicted octanol–water partition coefficient (Wildman–Crippen LogP) is 4.25. The monoisotopic (exact) mass is 420 g/mol. The van der Waals surface area contributed by atoms with Crippen LogP contribution in [0.3, 0.4) is 0 Å². The fraction of sp³-hybridized carbons (Fsp3) is 0.208. The van der Waals surface area contributed by atoms with Gasteiger partial charge < -0.3 is 5.32 Å². The first-order valence-electron chi connectivity index (χ1n) is 10.1. The highest BCUT2D eigenvalue weighted by Gasteiger charge is 2.28. The Morgan fingerprint density at radius 1 is 0.967 bits per heavy atom. The number of carbonyl (C=O) groups is 1. The van der Waals surface area contributed by atoms with Crippen molar-refractivity contribution in [2.24, 2.45) is 0 Å². The molecule has 0 saturated carbocycles. The second kappa shape index (κ2) is 8.42. The normalized spacial score (nSPS) is 14.2. The van der Waals surface area contributed by atoms with Crippen LogP contribution in [0.4, 0.5) is 5.69 Å². The summed E-state index contributed by atoms with van der Waals surface area (Å²) in [5.41, 5.74) is 4.30. The van der Waals surface area contributed by atoms with Gasteiger partial charge in [-0.1, -0.05) is 55.5 Å². The summed E-state index contributed by atoms with van der Waals surface area (Å²) in [4.78, 5) is 12.9. The molecule has 0 aliphatic carbocycles. The van der Waals surface area contributed by atoms with E-state index < -0.39 is 10.0 Å². The Bertz CT molecular complexity index is 1190. The van der Waals surface area contributed by atoms with Gasteiger partial charge in [0.2, 0.25) is 10.0 Å². The largest absolute Gasteiger partial charge is 0.322 e. The molecule has 3 aromatic carbocycles. The van der Waals surface area contributed by atoms with Crippen molar-refractivity contribution in [1.29, 1.82) is 0 Å². The molecule has 0 aromatic heterocycles. The van der Waals surface area contributed by atoms with Gasteiger partial charge in [-0.3, -0.25) is 4.79 Å². The number of hydrogen-bond acceptors (Lipinski definition) is 3. The molecule has 0 saturated heterocycles. The van der Waals surface area contributed by atoms with E-state index in [9.17, 15) is 13.2 Å². The van der Waals surface area contributed by atoms with E-state index in [1.807, 2.05) is 55.5 Å². The summed E-state index contributed by atoms with van der Waals surface area (Å²) in [5, 5.41) is 2.90. The highest BCUT2D eigenvalue weighted by atomic mass is 32.2. The molecule has 154 valence electrons. The average molecular weight is 421 g/mol. The zero-order valence-corrected chi connectivity index (χ0v) is 17.7. The lowest BCUT2D eigenvalue weighted by molar-refractivity contribution is 0.102. The summed E-state index contributed by atoms with van der Waals surface area (Å²) < 4.78 is 27.9. The first kappa shape index (κ1) is 20.3. The molecule has 5 nitrogen and oxygen atoms in total. The van der Waals surface area contributed by atoms with Crippen molar-refractivity contribution in [2.45, 2.75) is 31.2 Å². The number of amides is 1. The van der Waals surface area contributed by atoms with Crippen LogP contribution in [0.1, 0.15) is 34.0 Å². The van der Waals surface area contributed by atoms with Gasteiger partial charge in [0, 0.05) is 24.3 Å². The minimum atomic E-state index is -3.69. The van der Waals surface area contributed by atoms with Crippen molar-refractivity contribution in [3.8, 4) is 0 Å².